The van der Waals surface area contributed by atoms with E-state index in [9.17, 15) is 0 Å². The van der Waals surface area contributed by atoms with Gasteiger partial charge >= 0.3 is 0 Å². The molecule has 0 atom stereocenters. The number of nitrogens with one attached hydrogen (secondary N) is 2. The van der Waals surface area contributed by atoms with Gasteiger partial charge in [0.15, 0.2) is 0 Å². The Morgan fingerprint density at radius 1 is 1.24 bits per heavy atom. The van der Waals surface area contributed by atoms with Gasteiger partial charge in [0.25, 0.3) is 0 Å². The third kappa shape index (κ3) is 2.87. The summed E-state index contributed by atoms with van der Waals surface area (Å²) < 4.78 is 1.08. The van der Waals surface area contributed by atoms with E-state index in [1.807, 2.05) is 36.6 Å². The predicted octanol–water partition coefficient (Wildman–Crippen LogP) is 4.94. The van der Waals surface area contributed by atoms with E-state index in [0.29, 0.717) is 5.95 Å². The first-order valence-electron chi connectivity index (χ1n) is 6.70. The topological polar surface area (TPSA) is 49.8 Å². The third-order valence-electron chi connectivity index (χ3n) is 3.18. The van der Waals surface area contributed by atoms with Crippen LogP contribution in [0.25, 0.3) is 10.2 Å². The van der Waals surface area contributed by atoms with Gasteiger partial charge in [-0.25, -0.2) is 4.98 Å². The zero-order valence-electron chi connectivity index (χ0n) is 11.8. The van der Waals surface area contributed by atoms with E-state index in [4.69, 9.17) is 0 Å². The number of nitrogens with zero attached hydrogens (tertiary/aromatic N) is 2. The van der Waals surface area contributed by atoms with Crippen LogP contribution in [0.4, 0.5) is 17.5 Å². The summed E-state index contributed by atoms with van der Waals surface area (Å²) in [5.41, 5.74) is 2.20. The molecule has 21 heavy (non-hydrogen) atoms. The molecule has 0 unspecified atom stereocenters. The number of hydrogen-bond donors (Lipinski definition) is 2. The number of anilines is 3. The van der Waals surface area contributed by atoms with E-state index >= 15 is 0 Å². The van der Waals surface area contributed by atoms with Crippen molar-refractivity contribution >= 4 is 54.9 Å². The molecular weight excluding hydrogens is 348 g/mol. The molecular formula is C15H15BrN4S. The van der Waals surface area contributed by atoms with Gasteiger partial charge in [-0.15, -0.1) is 11.3 Å². The Kier molecular flexibility index (Phi) is 4.07. The molecule has 108 valence electrons. The van der Waals surface area contributed by atoms with Crippen molar-refractivity contribution in [2.45, 2.75) is 13.8 Å². The molecule has 2 heterocycles. The van der Waals surface area contributed by atoms with Crippen LogP contribution in [0.2, 0.25) is 0 Å². The van der Waals surface area contributed by atoms with Gasteiger partial charge in [-0.05, 0) is 43.0 Å². The van der Waals surface area contributed by atoms with Gasteiger partial charge in [0.2, 0.25) is 5.95 Å². The van der Waals surface area contributed by atoms with E-state index in [0.717, 1.165) is 38.3 Å². The maximum atomic E-state index is 4.59. The molecule has 0 saturated heterocycles. The van der Waals surface area contributed by atoms with Crippen molar-refractivity contribution in [1.82, 2.24) is 9.97 Å². The molecule has 0 radical (unpaired) electrons. The number of aromatic nitrogens is 2. The Morgan fingerprint density at radius 3 is 2.90 bits per heavy atom. The Labute approximate surface area is 135 Å². The maximum absolute atomic E-state index is 4.59. The molecule has 4 nitrogen and oxygen atoms in total. The van der Waals surface area contributed by atoms with Crippen LogP contribution in [0.5, 0.6) is 0 Å². The number of fused-ring (bicyclic) bond motifs is 1. The van der Waals surface area contributed by atoms with Gasteiger partial charge in [-0.2, -0.15) is 4.98 Å². The van der Waals surface area contributed by atoms with Gasteiger partial charge in [-0.3, -0.25) is 0 Å². The number of thiophene rings is 1. The molecule has 2 aromatic heterocycles. The van der Waals surface area contributed by atoms with E-state index in [2.05, 4.69) is 43.5 Å². The highest BCUT2D eigenvalue weighted by atomic mass is 79.9. The van der Waals surface area contributed by atoms with Crippen LogP contribution in [0, 0.1) is 6.92 Å². The van der Waals surface area contributed by atoms with Crippen LogP contribution in [0.1, 0.15) is 12.5 Å². The van der Waals surface area contributed by atoms with Crippen molar-refractivity contribution in [2.24, 2.45) is 0 Å². The largest absolute Gasteiger partial charge is 0.354 e. The Morgan fingerprint density at radius 2 is 2.10 bits per heavy atom. The van der Waals surface area contributed by atoms with E-state index in [-0.39, 0.29) is 0 Å². The molecule has 0 aliphatic heterocycles. The lowest BCUT2D eigenvalue weighted by atomic mass is 10.2. The number of benzene rings is 1. The van der Waals surface area contributed by atoms with Crippen LogP contribution in [-0.4, -0.2) is 16.5 Å². The quantitative estimate of drug-likeness (QED) is 0.690. The molecule has 3 rings (SSSR count). The van der Waals surface area contributed by atoms with Crippen LogP contribution < -0.4 is 10.6 Å². The standard InChI is InChI=1S/C15H15BrN4S/c1-3-17-15-19-13(10-7-8-21-14(10)20-15)18-12-6-4-5-11(16)9(12)2/h4-8H,3H2,1-2H3,(H2,17,18,19,20). The number of hydrogen-bond acceptors (Lipinski definition) is 5. The van der Waals surface area contributed by atoms with E-state index < -0.39 is 0 Å². The Balaban J connectivity index is 2.06. The summed E-state index contributed by atoms with van der Waals surface area (Å²) in [5, 5.41) is 9.68. The average molecular weight is 363 g/mol. The predicted molar refractivity (Wildman–Crippen MR) is 93.7 cm³/mol. The summed E-state index contributed by atoms with van der Waals surface area (Å²) in [6, 6.07) is 8.14. The minimum Gasteiger partial charge on any atom is -0.354 e. The molecule has 1 aromatic carbocycles. The first kappa shape index (κ1) is 14.3. The normalized spacial score (nSPS) is 10.8. The fourth-order valence-corrected chi connectivity index (χ4v) is 3.19. The molecule has 0 bridgehead atoms. The van der Waals surface area contributed by atoms with Crippen molar-refractivity contribution < 1.29 is 0 Å². The summed E-state index contributed by atoms with van der Waals surface area (Å²) in [6.45, 7) is 4.91. The lowest BCUT2D eigenvalue weighted by Crippen LogP contribution is -2.04. The molecule has 0 spiro atoms. The Bertz CT molecular complexity index is 784. The molecule has 2 N–H and O–H groups in total. The second-order valence-electron chi connectivity index (χ2n) is 4.60. The zero-order chi connectivity index (χ0) is 14.8. The number of rotatable bonds is 4. The van der Waals surface area contributed by atoms with Gasteiger partial charge in [-0.1, -0.05) is 22.0 Å². The highest BCUT2D eigenvalue weighted by Gasteiger charge is 2.10. The van der Waals surface area contributed by atoms with Crippen molar-refractivity contribution in [3.8, 4) is 0 Å². The van der Waals surface area contributed by atoms with E-state index in [1.54, 1.807) is 11.3 Å². The van der Waals surface area contributed by atoms with Crippen LogP contribution >= 0.6 is 27.3 Å². The molecule has 6 heteroatoms. The van der Waals surface area contributed by atoms with Gasteiger partial charge in [0.1, 0.15) is 10.6 Å². The molecule has 0 aliphatic rings. The third-order valence-corrected chi connectivity index (χ3v) is 4.85. The second kappa shape index (κ2) is 5.99. The van der Waals surface area contributed by atoms with Crippen molar-refractivity contribution in [3.63, 3.8) is 0 Å². The summed E-state index contributed by atoms with van der Waals surface area (Å²) in [7, 11) is 0. The minimum absolute atomic E-state index is 0.655. The summed E-state index contributed by atoms with van der Waals surface area (Å²) in [6.07, 6.45) is 0. The van der Waals surface area contributed by atoms with Crippen molar-refractivity contribution in [1.29, 1.82) is 0 Å². The van der Waals surface area contributed by atoms with Crippen LogP contribution in [-0.2, 0) is 0 Å². The lowest BCUT2D eigenvalue weighted by molar-refractivity contribution is 1.11. The first-order valence-corrected chi connectivity index (χ1v) is 8.37. The van der Waals surface area contributed by atoms with Crippen LogP contribution in [0.15, 0.2) is 34.1 Å². The molecule has 0 fully saturated rings. The lowest BCUT2D eigenvalue weighted by Gasteiger charge is -2.12. The van der Waals surface area contributed by atoms with E-state index in [1.165, 1.54) is 0 Å². The Hall–Kier alpha value is -1.66. The molecule has 0 amide bonds. The SMILES string of the molecule is CCNc1nc(Nc2cccc(Br)c2C)c2ccsc2n1. The molecule has 0 saturated carbocycles. The zero-order valence-corrected chi connectivity index (χ0v) is 14.2. The highest BCUT2D eigenvalue weighted by Crippen LogP contribution is 2.31. The summed E-state index contributed by atoms with van der Waals surface area (Å²) >= 11 is 5.18. The molecule has 3 aromatic rings. The highest BCUT2D eigenvalue weighted by molar-refractivity contribution is 9.10. The first-order chi connectivity index (χ1) is 10.2. The van der Waals surface area contributed by atoms with Crippen LogP contribution in [0.3, 0.4) is 0 Å². The maximum Gasteiger partial charge on any atom is 0.226 e. The minimum atomic E-state index is 0.655. The fourth-order valence-electron chi connectivity index (χ4n) is 2.06. The monoisotopic (exact) mass is 362 g/mol. The fraction of sp³-hybridized carbons (Fsp3) is 0.200. The van der Waals surface area contributed by atoms with Gasteiger partial charge in [0.05, 0.1) is 5.39 Å². The smallest absolute Gasteiger partial charge is 0.226 e. The molecule has 0 aliphatic carbocycles. The number of halogens is 1. The van der Waals surface area contributed by atoms with Gasteiger partial charge < -0.3 is 10.6 Å². The average Bonchev–Trinajstić information content (AvgIpc) is 2.93. The summed E-state index contributed by atoms with van der Waals surface area (Å²) in [5.74, 6) is 1.49. The second-order valence-corrected chi connectivity index (χ2v) is 6.35. The van der Waals surface area contributed by atoms with Crippen molar-refractivity contribution in [2.75, 3.05) is 17.2 Å². The van der Waals surface area contributed by atoms with Gasteiger partial charge in [0, 0.05) is 16.7 Å². The van der Waals surface area contributed by atoms with Crippen molar-refractivity contribution in [3.05, 3.63) is 39.7 Å². The summed E-state index contributed by atoms with van der Waals surface area (Å²) in [4.78, 5) is 10.1.